The second-order valence-electron chi connectivity index (χ2n) is 9.81. The van der Waals surface area contributed by atoms with Crippen LogP contribution in [0.2, 0.25) is 0 Å². The van der Waals surface area contributed by atoms with E-state index in [1.807, 2.05) is 30.4 Å². The van der Waals surface area contributed by atoms with Gasteiger partial charge < -0.3 is 13.6 Å². The number of rotatable bonds is 6. The summed E-state index contributed by atoms with van der Waals surface area (Å²) in [5.41, 5.74) is 9.08. The average molecular weight is 517 g/mol. The first kappa shape index (κ1) is 23.8. The van der Waals surface area contributed by atoms with Crippen molar-refractivity contribution in [2.75, 3.05) is 0 Å². The van der Waals surface area contributed by atoms with Gasteiger partial charge in [-0.3, -0.25) is 0 Å². The molecule has 0 radical (unpaired) electrons. The summed E-state index contributed by atoms with van der Waals surface area (Å²) in [6, 6.07) is 27.4. The van der Waals surface area contributed by atoms with Crippen LogP contribution in [0.15, 0.2) is 127 Å². The molecule has 0 atom stereocenters. The molecule has 3 nitrogen and oxygen atoms in total. The molecular weight excluding hydrogens is 488 g/mol. The lowest BCUT2D eigenvalue weighted by molar-refractivity contribution is 0.671. The van der Waals surface area contributed by atoms with Crippen LogP contribution in [0.3, 0.4) is 0 Å². The van der Waals surface area contributed by atoms with Gasteiger partial charge in [-0.15, -0.1) is 0 Å². The summed E-state index contributed by atoms with van der Waals surface area (Å²) in [5, 5.41) is 5.58. The average Bonchev–Trinajstić information content (AvgIpc) is 3.64. The Bertz CT molecular complexity index is 2210. The summed E-state index contributed by atoms with van der Waals surface area (Å²) in [4.78, 5) is 0. The van der Waals surface area contributed by atoms with Gasteiger partial charge in [0, 0.05) is 43.9 Å². The number of allylic oxidation sites excluding steroid dienone is 5. The SMILES string of the molecule is C=C/C=C(\C=C)n1c(C=C)c(/C=C\C)c2c3c4ccccc4oc3c3c(c4ccccc4n3-c3ccccc3)c21. The molecular formula is C37H28N2O. The van der Waals surface area contributed by atoms with Crippen molar-refractivity contribution in [1.29, 1.82) is 0 Å². The van der Waals surface area contributed by atoms with E-state index in [1.54, 1.807) is 6.08 Å². The topological polar surface area (TPSA) is 23.0 Å². The van der Waals surface area contributed by atoms with Crippen molar-refractivity contribution in [1.82, 2.24) is 9.13 Å². The highest BCUT2D eigenvalue weighted by atomic mass is 16.3. The first-order valence-corrected chi connectivity index (χ1v) is 13.4. The second-order valence-corrected chi connectivity index (χ2v) is 9.81. The quantitative estimate of drug-likeness (QED) is 0.202. The van der Waals surface area contributed by atoms with E-state index < -0.39 is 0 Å². The summed E-state index contributed by atoms with van der Waals surface area (Å²) >= 11 is 0. The van der Waals surface area contributed by atoms with Gasteiger partial charge in [-0.1, -0.05) is 92.6 Å². The lowest BCUT2D eigenvalue weighted by atomic mass is 10.00. The minimum absolute atomic E-state index is 0.862. The zero-order valence-electron chi connectivity index (χ0n) is 22.4. The third-order valence-corrected chi connectivity index (χ3v) is 7.72. The van der Waals surface area contributed by atoms with E-state index in [0.29, 0.717) is 0 Å². The van der Waals surface area contributed by atoms with E-state index in [4.69, 9.17) is 4.42 Å². The van der Waals surface area contributed by atoms with Crippen LogP contribution in [-0.4, -0.2) is 9.13 Å². The molecule has 0 N–H and O–H groups in total. The van der Waals surface area contributed by atoms with Crippen LogP contribution in [0.1, 0.15) is 18.2 Å². The lowest BCUT2D eigenvalue weighted by Crippen LogP contribution is -1.98. The van der Waals surface area contributed by atoms with Gasteiger partial charge in [0.1, 0.15) is 5.58 Å². The van der Waals surface area contributed by atoms with Crippen molar-refractivity contribution >= 4 is 72.5 Å². The van der Waals surface area contributed by atoms with Crippen LogP contribution >= 0.6 is 0 Å². The maximum atomic E-state index is 6.78. The fraction of sp³-hybridized carbons (Fsp3) is 0.0270. The van der Waals surface area contributed by atoms with Crippen LogP contribution < -0.4 is 0 Å². The van der Waals surface area contributed by atoms with Gasteiger partial charge in [-0.05, 0) is 49.4 Å². The second kappa shape index (κ2) is 9.18. The number of hydrogen-bond donors (Lipinski definition) is 0. The number of hydrogen-bond acceptors (Lipinski definition) is 1. The van der Waals surface area contributed by atoms with Crippen molar-refractivity contribution in [2.24, 2.45) is 0 Å². The predicted molar refractivity (Wildman–Crippen MR) is 173 cm³/mol. The van der Waals surface area contributed by atoms with E-state index in [2.05, 4.69) is 115 Å². The van der Waals surface area contributed by atoms with Crippen molar-refractivity contribution in [2.45, 2.75) is 6.92 Å². The summed E-state index contributed by atoms with van der Waals surface area (Å²) < 4.78 is 11.4. The Morgan fingerprint density at radius 3 is 2.23 bits per heavy atom. The van der Waals surface area contributed by atoms with Gasteiger partial charge in [-0.2, -0.15) is 0 Å². The molecule has 7 rings (SSSR count). The van der Waals surface area contributed by atoms with Crippen LogP contribution in [0, 0.1) is 0 Å². The fourth-order valence-electron chi connectivity index (χ4n) is 6.26. The van der Waals surface area contributed by atoms with E-state index in [1.165, 1.54) is 0 Å². The molecule has 0 saturated carbocycles. The highest BCUT2D eigenvalue weighted by Crippen LogP contribution is 2.49. The molecule has 3 heterocycles. The Morgan fingerprint density at radius 2 is 1.50 bits per heavy atom. The molecule has 0 saturated heterocycles. The van der Waals surface area contributed by atoms with Crippen molar-refractivity contribution in [3.8, 4) is 5.69 Å². The molecule has 0 fully saturated rings. The summed E-state index contributed by atoms with van der Waals surface area (Å²) in [6.07, 6.45) is 11.9. The van der Waals surface area contributed by atoms with Crippen LogP contribution in [0.25, 0.3) is 78.2 Å². The standard InChI is InChI=1S/C37H28N2O/c1-5-16-24(7-3)38-29(8-4)26(17-6-2)32-33-28-21-13-15-23-31(28)40-37(33)36-34(35(32)38)27-20-12-14-22-30(27)39(36)25-18-10-9-11-19-25/h5-23H,1,3-4H2,2H3/b17-6-,24-16+. The predicted octanol–water partition coefficient (Wildman–Crippen LogP) is 10.5. The van der Waals surface area contributed by atoms with Crippen LogP contribution in [0.4, 0.5) is 0 Å². The summed E-state index contributed by atoms with van der Waals surface area (Å²) in [7, 11) is 0. The van der Waals surface area contributed by atoms with E-state index >= 15 is 0 Å². The van der Waals surface area contributed by atoms with Gasteiger partial charge in [0.2, 0.25) is 0 Å². The van der Waals surface area contributed by atoms with Crippen molar-refractivity contribution in [3.05, 3.63) is 134 Å². The number of furan rings is 1. The highest BCUT2D eigenvalue weighted by molar-refractivity contribution is 6.36. The Labute approximate surface area is 232 Å². The molecule has 3 heteroatoms. The van der Waals surface area contributed by atoms with Crippen LogP contribution in [-0.2, 0) is 0 Å². The van der Waals surface area contributed by atoms with Gasteiger partial charge >= 0.3 is 0 Å². The molecule has 0 amide bonds. The molecule has 0 bridgehead atoms. The third kappa shape index (κ3) is 3.12. The Balaban J connectivity index is 1.93. The maximum Gasteiger partial charge on any atom is 0.160 e. The summed E-state index contributed by atoms with van der Waals surface area (Å²) in [5.74, 6) is 0. The van der Waals surface area contributed by atoms with Gasteiger partial charge in [0.25, 0.3) is 0 Å². The molecule has 7 aromatic rings. The smallest absolute Gasteiger partial charge is 0.160 e. The molecule has 40 heavy (non-hydrogen) atoms. The number of fused-ring (bicyclic) bond motifs is 10. The third-order valence-electron chi connectivity index (χ3n) is 7.72. The number of para-hydroxylation sites is 3. The number of benzene rings is 4. The monoisotopic (exact) mass is 516 g/mol. The summed E-state index contributed by atoms with van der Waals surface area (Å²) in [6.45, 7) is 14.5. The minimum Gasteiger partial charge on any atom is -0.454 e. The van der Waals surface area contributed by atoms with E-state index in [-0.39, 0.29) is 0 Å². The zero-order valence-corrected chi connectivity index (χ0v) is 22.4. The molecule has 0 aliphatic heterocycles. The Kier molecular flexibility index (Phi) is 5.46. The first-order valence-electron chi connectivity index (χ1n) is 13.4. The molecule has 0 spiro atoms. The number of aromatic nitrogens is 2. The minimum atomic E-state index is 0.862. The van der Waals surface area contributed by atoms with Gasteiger partial charge in [0.05, 0.1) is 22.2 Å². The fourth-order valence-corrected chi connectivity index (χ4v) is 6.26. The molecule has 0 aliphatic rings. The molecule has 3 aromatic heterocycles. The molecule has 0 aliphatic carbocycles. The Hall–Kier alpha value is -5.28. The van der Waals surface area contributed by atoms with Crippen molar-refractivity contribution < 1.29 is 4.42 Å². The molecule has 4 aromatic carbocycles. The van der Waals surface area contributed by atoms with E-state index in [0.717, 1.165) is 77.3 Å². The number of nitrogens with zero attached hydrogens (tertiary/aromatic N) is 2. The van der Waals surface area contributed by atoms with Crippen molar-refractivity contribution in [3.63, 3.8) is 0 Å². The Morgan fingerprint density at radius 1 is 0.775 bits per heavy atom. The zero-order chi connectivity index (χ0) is 27.4. The largest absolute Gasteiger partial charge is 0.454 e. The molecule has 192 valence electrons. The van der Waals surface area contributed by atoms with Crippen LogP contribution in [0.5, 0.6) is 0 Å². The maximum absolute atomic E-state index is 6.78. The molecule has 0 unspecified atom stereocenters. The first-order chi connectivity index (χ1) is 19.7. The van der Waals surface area contributed by atoms with Gasteiger partial charge in [0.15, 0.2) is 5.58 Å². The highest BCUT2D eigenvalue weighted by Gasteiger charge is 2.28. The van der Waals surface area contributed by atoms with E-state index in [9.17, 15) is 0 Å². The van der Waals surface area contributed by atoms with Gasteiger partial charge in [-0.25, -0.2) is 0 Å². The normalized spacial score (nSPS) is 12.5. The lowest BCUT2D eigenvalue weighted by Gasteiger charge is -2.12.